The van der Waals surface area contributed by atoms with Crippen molar-refractivity contribution in [3.8, 4) is 22.3 Å². The van der Waals surface area contributed by atoms with Crippen molar-refractivity contribution < 1.29 is 19.2 Å². The Hall–Kier alpha value is -5.02. The van der Waals surface area contributed by atoms with Crippen LogP contribution in [-0.4, -0.2) is 43.0 Å². The maximum absolute atomic E-state index is 12.0. The van der Waals surface area contributed by atoms with Crippen LogP contribution in [0.1, 0.15) is 44.7 Å². The van der Waals surface area contributed by atoms with Crippen molar-refractivity contribution in [2.45, 2.75) is 25.7 Å². The summed E-state index contributed by atoms with van der Waals surface area (Å²) in [5.74, 6) is -0.428. The van der Waals surface area contributed by atoms with E-state index in [0.717, 1.165) is 53.0 Å². The quantitative estimate of drug-likeness (QED) is 0.165. The number of anilines is 1. The number of rotatable bonds is 3. The van der Waals surface area contributed by atoms with Gasteiger partial charge in [0.25, 0.3) is 17.5 Å². The number of hydrogen-bond acceptors (Lipinski definition) is 6. The van der Waals surface area contributed by atoms with Crippen molar-refractivity contribution in [2.75, 3.05) is 32.0 Å². The fourth-order valence-electron chi connectivity index (χ4n) is 5.56. The summed E-state index contributed by atoms with van der Waals surface area (Å²) in [6, 6.07) is 26.7. The summed E-state index contributed by atoms with van der Waals surface area (Å²) in [5.41, 5.74) is 13.1. The van der Waals surface area contributed by atoms with E-state index in [2.05, 4.69) is 22.8 Å². The lowest BCUT2D eigenvalue weighted by Crippen LogP contribution is -2.33. The molecule has 4 N–H and O–H groups in total. The van der Waals surface area contributed by atoms with Gasteiger partial charge in [-0.1, -0.05) is 66.7 Å². The molecule has 4 aromatic rings. The summed E-state index contributed by atoms with van der Waals surface area (Å²) >= 11 is 0. The Balaban J connectivity index is 0.000000148. The lowest BCUT2D eigenvalue weighted by molar-refractivity contribution is -0.385. The highest BCUT2D eigenvalue weighted by Crippen LogP contribution is 2.34. The van der Waals surface area contributed by atoms with Crippen LogP contribution in [0.15, 0.2) is 84.9 Å². The normalized spacial score (nSPS) is 14.9. The van der Waals surface area contributed by atoms with Crippen LogP contribution < -0.4 is 16.4 Å². The predicted octanol–water partition coefficient (Wildman–Crippen LogP) is 5.57. The van der Waals surface area contributed by atoms with Gasteiger partial charge in [-0.15, -0.1) is 0 Å². The smallest absolute Gasteiger partial charge is 0.282 e. The van der Waals surface area contributed by atoms with Crippen molar-refractivity contribution in [1.82, 2.24) is 10.6 Å². The molecule has 0 spiro atoms. The first-order chi connectivity index (χ1) is 21.0. The Kier molecular flexibility index (Phi) is 9.43. The molecule has 0 radical (unpaired) electrons. The highest BCUT2D eigenvalue weighted by atomic mass is 16.6. The third kappa shape index (κ3) is 6.73. The highest BCUT2D eigenvalue weighted by Gasteiger charge is 2.29. The van der Waals surface area contributed by atoms with Crippen LogP contribution in [0.25, 0.3) is 22.3 Å². The number of nitrogens with one attached hydrogen (secondary N) is 2. The zero-order chi connectivity index (χ0) is 30.2. The Morgan fingerprint density at radius 1 is 0.674 bits per heavy atom. The number of nitrogens with two attached hydrogens (primary N) is 1. The Labute approximate surface area is 250 Å². The molecule has 2 amide bonds. The van der Waals surface area contributed by atoms with E-state index in [0.29, 0.717) is 30.8 Å². The van der Waals surface area contributed by atoms with E-state index < -0.39 is 4.92 Å². The van der Waals surface area contributed by atoms with Crippen molar-refractivity contribution in [3.05, 3.63) is 117 Å². The first-order valence-corrected chi connectivity index (χ1v) is 14.4. The molecular weight excluding hydrogens is 544 g/mol. The Bertz CT molecular complexity index is 1610. The number of nitrogen functional groups attached to an aromatic ring is 1. The van der Waals surface area contributed by atoms with Crippen molar-refractivity contribution in [1.29, 1.82) is 0 Å². The second-order valence-electron chi connectivity index (χ2n) is 10.4. The average Bonchev–Trinajstić information content (AvgIpc) is 3.63. The summed E-state index contributed by atoms with van der Waals surface area (Å²) < 4.78 is 4.94. The minimum absolute atomic E-state index is 0.0634. The van der Waals surface area contributed by atoms with Crippen LogP contribution in [0, 0.1) is 10.1 Å². The van der Waals surface area contributed by atoms with Crippen LogP contribution >= 0.6 is 0 Å². The van der Waals surface area contributed by atoms with E-state index in [4.69, 9.17) is 10.5 Å². The molecule has 9 heteroatoms. The zero-order valence-corrected chi connectivity index (χ0v) is 23.8. The van der Waals surface area contributed by atoms with Gasteiger partial charge in [0.15, 0.2) is 0 Å². The van der Waals surface area contributed by atoms with Gasteiger partial charge in [0, 0.05) is 38.1 Å². The second-order valence-corrected chi connectivity index (χ2v) is 10.4. The van der Waals surface area contributed by atoms with Crippen LogP contribution in [0.2, 0.25) is 0 Å². The standard InChI is InChI=1S/C15H12N2O3.C15H14N2O.C4H8O/c18-15-14-12(8-9-16-15)11(6-7-13(14)17(19)20)10-4-2-1-3-5-10;16-13-7-6-11(10-4-2-1-3-5-10)12-8-9-17-15(18)14(12)13;1-2-4-5-3-1/h1-7H,8-9H2,(H,16,18);1-7H,8-9,16H2,(H,17,18);1-4H2. The van der Waals surface area contributed by atoms with Gasteiger partial charge in [0.05, 0.1) is 10.5 Å². The van der Waals surface area contributed by atoms with E-state index in [1.807, 2.05) is 60.7 Å². The summed E-state index contributed by atoms with van der Waals surface area (Å²) in [6.07, 6.45) is 3.99. The monoisotopic (exact) mass is 578 g/mol. The molecule has 0 unspecified atom stereocenters. The summed E-state index contributed by atoms with van der Waals surface area (Å²) in [7, 11) is 0. The number of nitrogens with zero attached hydrogens (tertiary/aromatic N) is 1. The molecule has 220 valence electrons. The van der Waals surface area contributed by atoms with Gasteiger partial charge in [-0.3, -0.25) is 19.7 Å². The van der Waals surface area contributed by atoms with E-state index in [1.165, 1.54) is 18.9 Å². The molecule has 0 saturated carbocycles. The number of carbonyl (C=O) groups excluding carboxylic acids is 2. The maximum atomic E-state index is 12.0. The van der Waals surface area contributed by atoms with Crippen molar-refractivity contribution >= 4 is 23.2 Å². The number of nitro groups is 1. The minimum atomic E-state index is -0.501. The molecule has 0 aliphatic carbocycles. The molecule has 3 aliphatic rings. The van der Waals surface area contributed by atoms with Crippen molar-refractivity contribution in [2.24, 2.45) is 0 Å². The molecule has 4 aromatic carbocycles. The predicted molar refractivity (Wildman–Crippen MR) is 167 cm³/mol. The van der Waals surface area contributed by atoms with E-state index in [9.17, 15) is 19.7 Å². The number of benzene rings is 4. The van der Waals surface area contributed by atoms with Gasteiger partial charge in [-0.05, 0) is 71.2 Å². The van der Waals surface area contributed by atoms with Crippen LogP contribution in [-0.2, 0) is 17.6 Å². The Morgan fingerprint density at radius 2 is 1.16 bits per heavy atom. The molecule has 0 aromatic heterocycles. The summed E-state index contributed by atoms with van der Waals surface area (Å²) in [5, 5.41) is 16.6. The van der Waals surface area contributed by atoms with Crippen LogP contribution in [0.3, 0.4) is 0 Å². The van der Waals surface area contributed by atoms with Crippen LogP contribution in [0.5, 0.6) is 0 Å². The Morgan fingerprint density at radius 3 is 1.65 bits per heavy atom. The second kappa shape index (κ2) is 13.8. The fraction of sp³-hybridized carbons (Fsp3) is 0.235. The molecule has 0 bridgehead atoms. The summed E-state index contributed by atoms with van der Waals surface area (Å²) in [6.45, 7) is 3.18. The number of ether oxygens (including phenoxy) is 1. The van der Waals surface area contributed by atoms with Gasteiger partial charge in [0.1, 0.15) is 5.56 Å². The molecule has 1 saturated heterocycles. The SMILES string of the molecule is C1CCOC1.Nc1ccc(-c2ccccc2)c2c1C(=O)NCC2.O=C1NCCc2c(-c3ccccc3)ccc([N+](=O)[O-])c21. The third-order valence-corrected chi connectivity index (χ3v) is 7.60. The van der Waals surface area contributed by atoms with Gasteiger partial charge >= 0.3 is 0 Å². The molecule has 0 atom stereocenters. The molecule has 3 aliphatic heterocycles. The molecular formula is C34H34N4O5. The zero-order valence-electron chi connectivity index (χ0n) is 23.8. The molecule has 7 rings (SSSR count). The van der Waals surface area contributed by atoms with E-state index >= 15 is 0 Å². The van der Waals surface area contributed by atoms with Gasteiger partial charge < -0.3 is 21.1 Å². The minimum Gasteiger partial charge on any atom is -0.398 e. The number of nitro benzene ring substituents is 1. The number of amides is 2. The molecule has 1 fully saturated rings. The van der Waals surface area contributed by atoms with Gasteiger partial charge in [-0.2, -0.15) is 0 Å². The first-order valence-electron chi connectivity index (χ1n) is 14.4. The third-order valence-electron chi connectivity index (χ3n) is 7.60. The summed E-state index contributed by atoms with van der Waals surface area (Å²) in [4.78, 5) is 34.5. The number of carbonyl (C=O) groups is 2. The van der Waals surface area contributed by atoms with Crippen LogP contribution in [0.4, 0.5) is 11.4 Å². The highest BCUT2D eigenvalue weighted by molar-refractivity contribution is 6.04. The lowest BCUT2D eigenvalue weighted by atomic mass is 9.90. The average molecular weight is 579 g/mol. The van der Waals surface area contributed by atoms with E-state index in [-0.39, 0.29) is 23.1 Å². The number of fused-ring (bicyclic) bond motifs is 2. The van der Waals surface area contributed by atoms with Crippen molar-refractivity contribution in [3.63, 3.8) is 0 Å². The first kappa shape index (κ1) is 29.5. The fourth-order valence-corrected chi connectivity index (χ4v) is 5.56. The largest absolute Gasteiger partial charge is 0.398 e. The number of hydrogen-bond donors (Lipinski definition) is 3. The van der Waals surface area contributed by atoms with E-state index in [1.54, 1.807) is 6.07 Å². The topological polar surface area (TPSA) is 137 Å². The van der Waals surface area contributed by atoms with Gasteiger partial charge in [0.2, 0.25) is 0 Å². The maximum Gasteiger partial charge on any atom is 0.282 e. The lowest BCUT2D eigenvalue weighted by Gasteiger charge is -2.21. The molecule has 43 heavy (non-hydrogen) atoms. The van der Waals surface area contributed by atoms with Gasteiger partial charge in [-0.25, -0.2) is 0 Å². The molecule has 3 heterocycles. The molecule has 9 nitrogen and oxygen atoms in total.